The lowest BCUT2D eigenvalue weighted by molar-refractivity contribution is -0.135. The van der Waals surface area contributed by atoms with Gasteiger partial charge in [0.15, 0.2) is 0 Å². The first kappa shape index (κ1) is 29.9. The van der Waals surface area contributed by atoms with Crippen molar-refractivity contribution in [1.29, 1.82) is 0 Å². The molecular weight excluding hydrogens is 540 g/mol. The fourth-order valence-electron chi connectivity index (χ4n) is 10.8. The lowest BCUT2D eigenvalue weighted by Gasteiger charge is -2.61. The van der Waals surface area contributed by atoms with Crippen LogP contribution in [-0.4, -0.2) is 22.5 Å². The van der Waals surface area contributed by atoms with E-state index in [1.807, 2.05) is 4.90 Å². The molecule has 9 rings (SSSR count). The maximum atomic E-state index is 13.2. The van der Waals surface area contributed by atoms with Gasteiger partial charge in [-0.25, -0.2) is 0 Å². The fraction of sp³-hybridized carbons (Fsp3) is 0.615. The number of fused-ring (bicyclic) bond motifs is 3. The molecule has 236 valence electrons. The Morgan fingerprint density at radius 1 is 0.955 bits per heavy atom. The van der Waals surface area contributed by atoms with Crippen molar-refractivity contribution >= 4 is 17.3 Å². The molecule has 7 fully saturated rings. The predicted molar refractivity (Wildman–Crippen MR) is 181 cm³/mol. The van der Waals surface area contributed by atoms with Gasteiger partial charge in [0.1, 0.15) is 0 Å². The summed E-state index contributed by atoms with van der Waals surface area (Å²) in [6.45, 7) is 13.6. The summed E-state index contributed by atoms with van der Waals surface area (Å²) in [5.41, 5.74) is 18.7. The minimum atomic E-state index is -0.475. The van der Waals surface area contributed by atoms with E-state index in [0.717, 1.165) is 53.6 Å². The zero-order valence-electron chi connectivity index (χ0n) is 27.4. The van der Waals surface area contributed by atoms with Crippen molar-refractivity contribution in [1.82, 2.24) is 4.90 Å². The monoisotopic (exact) mass is 594 g/mol. The molecular formula is C39H54N4O. The number of nitrogens with two attached hydrogens (primary N) is 2. The van der Waals surface area contributed by atoms with Crippen LogP contribution in [0.15, 0.2) is 60.8 Å². The zero-order valence-corrected chi connectivity index (χ0v) is 27.4. The van der Waals surface area contributed by atoms with E-state index in [-0.39, 0.29) is 22.8 Å². The van der Waals surface area contributed by atoms with Crippen LogP contribution < -0.4 is 16.8 Å². The van der Waals surface area contributed by atoms with E-state index in [1.54, 1.807) is 0 Å². The van der Waals surface area contributed by atoms with Gasteiger partial charge in [-0.15, -0.1) is 0 Å². The highest BCUT2D eigenvalue weighted by molar-refractivity contribution is 5.79. The minimum Gasteiger partial charge on any atom is -0.399 e. The topological polar surface area (TPSA) is 84.4 Å². The van der Waals surface area contributed by atoms with Crippen LogP contribution in [0.2, 0.25) is 0 Å². The van der Waals surface area contributed by atoms with Crippen LogP contribution in [0.5, 0.6) is 0 Å². The summed E-state index contributed by atoms with van der Waals surface area (Å²) in [7, 11) is 0. The average Bonchev–Trinajstić information content (AvgIpc) is 3.53. The molecule has 6 aliphatic carbocycles. The summed E-state index contributed by atoms with van der Waals surface area (Å²) < 4.78 is 0. The van der Waals surface area contributed by atoms with Crippen LogP contribution >= 0.6 is 0 Å². The van der Waals surface area contributed by atoms with E-state index < -0.39 is 5.66 Å². The fourth-order valence-corrected chi connectivity index (χ4v) is 10.8. The maximum Gasteiger partial charge on any atom is 0.224 e. The molecule has 0 radical (unpaired) electrons. The van der Waals surface area contributed by atoms with Gasteiger partial charge in [-0.3, -0.25) is 4.79 Å². The highest BCUT2D eigenvalue weighted by atomic mass is 16.2. The molecule has 2 aromatic carbocycles. The van der Waals surface area contributed by atoms with E-state index in [9.17, 15) is 4.79 Å². The van der Waals surface area contributed by atoms with Crippen LogP contribution in [0.25, 0.3) is 0 Å². The predicted octanol–water partition coefficient (Wildman–Crippen LogP) is 7.97. The van der Waals surface area contributed by atoms with Gasteiger partial charge < -0.3 is 21.7 Å². The van der Waals surface area contributed by atoms with Gasteiger partial charge in [-0.05, 0) is 127 Å². The molecule has 2 aromatic rings. The Kier molecular flexibility index (Phi) is 7.23. The Morgan fingerprint density at radius 3 is 2.20 bits per heavy atom. The van der Waals surface area contributed by atoms with Gasteiger partial charge >= 0.3 is 0 Å². The molecule has 1 saturated heterocycles. The Hall–Kier alpha value is -2.79. The maximum absolute atomic E-state index is 13.2. The molecule has 1 amide bonds. The van der Waals surface area contributed by atoms with Gasteiger partial charge in [0.25, 0.3) is 0 Å². The standard InChI is InChI=1S/C39H54N4O/c1-6-27-20-38(16-15-37(28-7-11-31(40)12-8-28)19-25(4)33(22-38)34(27)23-37)29-9-13-32(14-10-29)42-26(5)35-18-30-21-39(30,41)43(35)36(44)17-24(2)3/h7-14,24-25,27,30,33-35,42H,5-6,15-23,40-41H2,1-4H3/t25?,27?,30-,33?,34?,35-,37?,38?,39?/m0/s1. The number of rotatable bonds is 8. The Labute approximate surface area is 265 Å². The van der Waals surface area contributed by atoms with Crippen LogP contribution in [0, 0.1) is 35.5 Å². The number of hydrogen-bond acceptors (Lipinski definition) is 4. The van der Waals surface area contributed by atoms with E-state index in [1.165, 1.54) is 56.1 Å². The first-order chi connectivity index (χ1) is 21.0. The summed E-state index contributed by atoms with van der Waals surface area (Å²) in [5.74, 6) is 3.97. The Balaban J connectivity index is 1.13. The second-order valence-corrected chi connectivity index (χ2v) is 16.2. The van der Waals surface area contributed by atoms with E-state index in [4.69, 9.17) is 11.5 Å². The quantitative estimate of drug-likeness (QED) is 0.271. The number of nitrogen functional groups attached to an aromatic ring is 1. The Bertz CT molecular complexity index is 1420. The second kappa shape index (κ2) is 10.6. The third-order valence-corrected chi connectivity index (χ3v) is 13.1. The molecule has 1 heterocycles. The summed E-state index contributed by atoms with van der Waals surface area (Å²) in [5, 5.41) is 3.61. The number of benzene rings is 2. The van der Waals surface area contributed by atoms with Crippen molar-refractivity contribution in [3.05, 3.63) is 71.9 Å². The molecule has 4 bridgehead atoms. The van der Waals surface area contributed by atoms with E-state index >= 15 is 0 Å². The number of nitrogens with one attached hydrogen (secondary N) is 1. The van der Waals surface area contributed by atoms with Crippen molar-refractivity contribution in [3.63, 3.8) is 0 Å². The highest BCUT2D eigenvalue weighted by Crippen LogP contribution is 2.64. The van der Waals surface area contributed by atoms with Crippen LogP contribution in [0.4, 0.5) is 11.4 Å². The number of likely N-dealkylation sites (tertiary alicyclic amines) is 1. The lowest BCUT2D eigenvalue weighted by Crippen LogP contribution is -2.54. The molecule has 44 heavy (non-hydrogen) atoms. The molecule has 6 saturated carbocycles. The number of piperidine rings is 1. The largest absolute Gasteiger partial charge is 0.399 e. The van der Waals surface area contributed by atoms with Crippen LogP contribution in [0.1, 0.15) is 103 Å². The third kappa shape index (κ3) is 4.80. The van der Waals surface area contributed by atoms with Gasteiger partial charge in [-0.2, -0.15) is 0 Å². The number of carbonyl (C=O) groups excluding carboxylic acids is 1. The number of amides is 1. The number of hydrogen-bond donors (Lipinski definition) is 3. The first-order valence-electron chi connectivity index (χ1n) is 17.5. The van der Waals surface area contributed by atoms with Crippen molar-refractivity contribution in [3.8, 4) is 0 Å². The first-order valence-corrected chi connectivity index (χ1v) is 17.5. The highest BCUT2D eigenvalue weighted by Gasteiger charge is 2.65. The molecule has 0 spiro atoms. The SMILES string of the molecule is C=C(Nc1ccc(C23CCC4(c5ccc(N)cc5)CC(C)C(C2)C(C4)C(CC)C3)cc1)[C@@H]1C[C@H]2CC2(N)N1C(=O)CC(C)C. The number of anilines is 2. The zero-order chi connectivity index (χ0) is 31.0. The van der Waals surface area contributed by atoms with E-state index in [2.05, 4.69) is 88.1 Å². The van der Waals surface area contributed by atoms with Crippen molar-refractivity contribution in [2.45, 2.75) is 114 Å². The van der Waals surface area contributed by atoms with Gasteiger partial charge in [0.2, 0.25) is 5.91 Å². The van der Waals surface area contributed by atoms with E-state index in [0.29, 0.717) is 18.3 Å². The van der Waals surface area contributed by atoms with Gasteiger partial charge in [0.05, 0.1) is 11.7 Å². The third-order valence-electron chi connectivity index (χ3n) is 13.1. The summed E-state index contributed by atoms with van der Waals surface area (Å²) in [6.07, 6.45) is 11.4. The minimum absolute atomic E-state index is 0.0453. The van der Waals surface area contributed by atoms with Crippen LogP contribution in [0.3, 0.4) is 0 Å². The second-order valence-electron chi connectivity index (χ2n) is 16.2. The molecule has 0 aromatic heterocycles. The van der Waals surface area contributed by atoms with Crippen molar-refractivity contribution in [2.24, 2.45) is 41.2 Å². The normalized spacial score (nSPS) is 38.7. The molecule has 1 aliphatic heterocycles. The van der Waals surface area contributed by atoms with Crippen molar-refractivity contribution < 1.29 is 4.79 Å². The summed E-state index contributed by atoms with van der Waals surface area (Å²) in [4.78, 5) is 15.2. The van der Waals surface area contributed by atoms with Gasteiger partial charge in [-0.1, -0.05) is 65.0 Å². The molecule has 5 nitrogen and oxygen atoms in total. The lowest BCUT2D eigenvalue weighted by atomic mass is 9.43. The molecule has 5 N–H and O–H groups in total. The molecule has 7 aliphatic rings. The molecule has 7 unspecified atom stereocenters. The molecule has 5 heteroatoms. The number of carbonyl (C=O) groups is 1. The smallest absolute Gasteiger partial charge is 0.224 e. The number of nitrogens with zero attached hydrogens (tertiary/aromatic N) is 1. The summed E-state index contributed by atoms with van der Waals surface area (Å²) in [6, 6.07) is 18.2. The molecule has 9 atom stereocenters. The average molecular weight is 595 g/mol. The summed E-state index contributed by atoms with van der Waals surface area (Å²) >= 11 is 0. The van der Waals surface area contributed by atoms with Crippen molar-refractivity contribution in [2.75, 3.05) is 11.1 Å². The van der Waals surface area contributed by atoms with Crippen LogP contribution in [-0.2, 0) is 15.6 Å². The van der Waals surface area contributed by atoms with Gasteiger partial charge in [0, 0.05) is 29.4 Å². The Morgan fingerprint density at radius 2 is 1.57 bits per heavy atom.